The molecule has 0 heterocycles. The summed E-state index contributed by atoms with van der Waals surface area (Å²) in [4.78, 5) is 2.60. The van der Waals surface area contributed by atoms with Gasteiger partial charge in [-0.05, 0) is 10.4 Å². The Bertz CT molecular complexity index is 84.2. The molecule has 0 aromatic carbocycles. The molecule has 0 rings (SSSR count). The third kappa shape index (κ3) is 5.37. The van der Waals surface area contributed by atoms with Gasteiger partial charge < -0.3 is 0 Å². The Kier molecular flexibility index (Phi) is 3.24. The first-order valence-electron chi connectivity index (χ1n) is 2.28. The van der Waals surface area contributed by atoms with E-state index in [9.17, 15) is 0 Å². The molecule has 0 N–H and O–H groups in total. The molecule has 0 saturated heterocycles. The van der Waals surface area contributed by atoms with Crippen LogP contribution in [-0.2, 0) is 0 Å². The Hall–Kier alpha value is -0.625. The minimum Gasteiger partial charge on any atom is -0.153 e. The van der Waals surface area contributed by atoms with Gasteiger partial charge in [-0.2, -0.15) is 5.03 Å². The molecule has 0 atom stereocenters. The maximum Gasteiger partial charge on any atom is 0.227 e. The Morgan fingerprint density at radius 3 is 2.43 bits per heavy atom. The van der Waals surface area contributed by atoms with Gasteiger partial charge in [-0.15, -0.1) is 0 Å². The van der Waals surface area contributed by atoms with Gasteiger partial charge in [0.05, 0.1) is 0 Å². The number of hydrogen-bond donors (Lipinski definition) is 0. The monoisotopic (exact) mass is 97.1 g/mol. The van der Waals surface area contributed by atoms with E-state index in [1.807, 2.05) is 13.8 Å². The van der Waals surface area contributed by atoms with Crippen molar-refractivity contribution in [3.63, 3.8) is 0 Å². The van der Waals surface area contributed by atoms with Crippen LogP contribution in [0, 0.1) is 0 Å². The molecule has 0 amide bonds. The third-order valence-electron chi connectivity index (χ3n) is 0.510. The molecule has 4 heteroatoms. The minimum atomic E-state index is 0.482. The van der Waals surface area contributed by atoms with Crippen LogP contribution in [0.3, 0.4) is 0 Å². The topological polar surface area (TPSA) is 48.8 Å². The number of rotatable bonds is 2. The molecule has 0 radical (unpaired) electrons. The van der Waals surface area contributed by atoms with Crippen molar-refractivity contribution in [2.75, 3.05) is 0 Å². The van der Waals surface area contributed by atoms with Gasteiger partial charge >= 0.3 is 0 Å². The van der Waals surface area contributed by atoms with Crippen molar-refractivity contribution in [3.8, 4) is 0 Å². The van der Waals surface area contributed by atoms with Gasteiger partial charge in [-0.3, -0.25) is 0 Å². The molecular weight excluding hydrogens is 88.9 g/mol. The quantitative estimate of drug-likeness (QED) is 0.217. The standard InChI is InChI=1S/C3H8BN3/c1-3(2)4-6-7-5/h3-4H,1-2H3. The first-order chi connectivity index (χ1) is 3.27. The van der Waals surface area contributed by atoms with E-state index in [1.165, 1.54) is 0 Å². The van der Waals surface area contributed by atoms with Crippen molar-refractivity contribution in [3.05, 3.63) is 10.4 Å². The molecule has 0 fully saturated rings. The smallest absolute Gasteiger partial charge is 0.153 e. The fraction of sp³-hybridized carbons (Fsp3) is 1.00. The second-order valence-electron chi connectivity index (χ2n) is 1.81. The second-order valence-corrected chi connectivity index (χ2v) is 1.81. The van der Waals surface area contributed by atoms with E-state index >= 15 is 0 Å². The highest BCUT2D eigenvalue weighted by atomic mass is 15.1. The molecule has 0 aromatic rings. The highest BCUT2D eigenvalue weighted by molar-refractivity contribution is 6.34. The predicted octanol–water partition coefficient (Wildman–Crippen LogP) is 1.48. The number of hydrogen-bond acceptors (Lipinski definition) is 1. The van der Waals surface area contributed by atoms with E-state index in [4.69, 9.17) is 5.53 Å². The molecule has 0 aliphatic carbocycles. The van der Waals surface area contributed by atoms with E-state index in [2.05, 4.69) is 9.94 Å². The van der Waals surface area contributed by atoms with Crippen LogP contribution in [0.2, 0.25) is 5.82 Å². The van der Waals surface area contributed by atoms with Crippen LogP contribution in [0.1, 0.15) is 13.8 Å². The SMILES string of the molecule is CC(C)BN=[N+]=[N-]. The van der Waals surface area contributed by atoms with E-state index < -0.39 is 0 Å². The van der Waals surface area contributed by atoms with Crippen LogP contribution in [0.5, 0.6) is 0 Å². The fourth-order valence-electron chi connectivity index (χ4n) is 0.200. The Morgan fingerprint density at radius 1 is 1.71 bits per heavy atom. The van der Waals surface area contributed by atoms with Gasteiger partial charge in [0.2, 0.25) is 7.41 Å². The molecule has 0 aliphatic heterocycles. The van der Waals surface area contributed by atoms with Crippen LogP contribution in [0.25, 0.3) is 10.4 Å². The van der Waals surface area contributed by atoms with Crippen LogP contribution in [0.15, 0.2) is 5.03 Å². The summed E-state index contributed by atoms with van der Waals surface area (Å²) in [6.45, 7) is 4.02. The average Bonchev–Trinajstić information content (AvgIpc) is 1.61. The lowest BCUT2D eigenvalue weighted by molar-refractivity contribution is 1.05. The van der Waals surface area contributed by atoms with Crippen molar-refractivity contribution < 1.29 is 0 Å². The van der Waals surface area contributed by atoms with Gasteiger partial charge in [0, 0.05) is 0 Å². The van der Waals surface area contributed by atoms with Crippen LogP contribution in [0.4, 0.5) is 0 Å². The van der Waals surface area contributed by atoms with Crippen molar-refractivity contribution in [1.29, 1.82) is 0 Å². The van der Waals surface area contributed by atoms with E-state index in [0.717, 1.165) is 0 Å². The van der Waals surface area contributed by atoms with Crippen molar-refractivity contribution in [2.24, 2.45) is 5.03 Å². The number of azide groups is 1. The Labute approximate surface area is 43.6 Å². The summed E-state index contributed by atoms with van der Waals surface area (Å²) in [7, 11) is 0.608. The highest BCUT2D eigenvalue weighted by Crippen LogP contribution is 1.95. The molecule has 7 heavy (non-hydrogen) atoms. The lowest BCUT2D eigenvalue weighted by Gasteiger charge is -1.88. The summed E-state index contributed by atoms with van der Waals surface area (Å²) in [5.74, 6) is 0.482. The average molecular weight is 96.9 g/mol. The lowest BCUT2D eigenvalue weighted by atomic mass is 9.80. The van der Waals surface area contributed by atoms with Gasteiger partial charge in [0.1, 0.15) is 0 Å². The molecule has 38 valence electrons. The zero-order valence-electron chi connectivity index (χ0n) is 4.63. The molecular formula is C3H8BN3. The zero-order chi connectivity index (χ0) is 5.70. The molecule has 0 aromatic heterocycles. The highest BCUT2D eigenvalue weighted by Gasteiger charge is 1.89. The van der Waals surface area contributed by atoms with E-state index in [0.29, 0.717) is 13.2 Å². The first kappa shape index (κ1) is 6.37. The van der Waals surface area contributed by atoms with E-state index in [1.54, 1.807) is 0 Å². The fourth-order valence-corrected chi connectivity index (χ4v) is 0.200. The molecule has 3 nitrogen and oxygen atoms in total. The molecule has 0 aliphatic rings. The summed E-state index contributed by atoms with van der Waals surface area (Å²) in [6, 6.07) is 0. The largest absolute Gasteiger partial charge is 0.227 e. The van der Waals surface area contributed by atoms with Crippen molar-refractivity contribution in [1.82, 2.24) is 0 Å². The first-order valence-corrected chi connectivity index (χ1v) is 2.28. The van der Waals surface area contributed by atoms with E-state index in [-0.39, 0.29) is 0 Å². The summed E-state index contributed by atoms with van der Waals surface area (Å²) < 4.78 is 0. The molecule has 0 spiro atoms. The van der Waals surface area contributed by atoms with Gasteiger partial charge in [-0.25, -0.2) is 0 Å². The van der Waals surface area contributed by atoms with Crippen LogP contribution < -0.4 is 0 Å². The summed E-state index contributed by atoms with van der Waals surface area (Å²) in [6.07, 6.45) is 0. The summed E-state index contributed by atoms with van der Waals surface area (Å²) >= 11 is 0. The zero-order valence-corrected chi connectivity index (χ0v) is 4.63. The second kappa shape index (κ2) is 3.56. The Balaban J connectivity index is 3.13. The maximum absolute atomic E-state index is 7.77. The van der Waals surface area contributed by atoms with Crippen molar-refractivity contribution in [2.45, 2.75) is 19.7 Å². The van der Waals surface area contributed by atoms with Gasteiger partial charge in [0.15, 0.2) is 0 Å². The number of nitrogens with zero attached hydrogens (tertiary/aromatic N) is 3. The van der Waals surface area contributed by atoms with Crippen molar-refractivity contribution >= 4 is 7.41 Å². The summed E-state index contributed by atoms with van der Waals surface area (Å²) in [5, 5.41) is 3.35. The Morgan fingerprint density at radius 2 is 2.29 bits per heavy atom. The lowest BCUT2D eigenvalue weighted by Crippen LogP contribution is -1.86. The normalized spacial score (nSPS) is 7.86. The minimum absolute atomic E-state index is 0.482. The molecule has 0 unspecified atom stereocenters. The van der Waals surface area contributed by atoms with Crippen LogP contribution in [-0.4, -0.2) is 7.41 Å². The molecule has 0 saturated carbocycles. The third-order valence-corrected chi connectivity index (χ3v) is 0.510. The molecule has 0 bridgehead atoms. The van der Waals surface area contributed by atoms with Gasteiger partial charge in [0.25, 0.3) is 0 Å². The maximum atomic E-state index is 7.77. The van der Waals surface area contributed by atoms with Gasteiger partial charge in [-0.1, -0.05) is 19.7 Å². The predicted molar refractivity (Wildman–Crippen MR) is 31.4 cm³/mol. The summed E-state index contributed by atoms with van der Waals surface area (Å²) in [5.41, 5.74) is 7.77. The van der Waals surface area contributed by atoms with Crippen LogP contribution >= 0.6 is 0 Å².